The van der Waals surface area contributed by atoms with E-state index in [0.717, 1.165) is 55.2 Å². The van der Waals surface area contributed by atoms with Gasteiger partial charge < -0.3 is 5.32 Å². The van der Waals surface area contributed by atoms with Gasteiger partial charge in [-0.2, -0.15) is 0 Å². The summed E-state index contributed by atoms with van der Waals surface area (Å²) in [6.45, 7) is 2.31. The van der Waals surface area contributed by atoms with Crippen LogP contribution in [-0.4, -0.2) is 28.9 Å². The van der Waals surface area contributed by atoms with Crippen LogP contribution in [0, 0.1) is 17.5 Å². The van der Waals surface area contributed by atoms with Crippen molar-refractivity contribution in [1.29, 1.82) is 0 Å². The number of carbonyl (C=O) groups excluding carboxylic acids is 1. The van der Waals surface area contributed by atoms with E-state index in [9.17, 15) is 18.0 Å². The Bertz CT molecular complexity index is 1440. The molecule has 1 N–H and O–H groups in total. The van der Waals surface area contributed by atoms with Crippen molar-refractivity contribution in [2.75, 3.05) is 18.4 Å². The number of hydrogen-bond donors (Lipinski definition) is 1. The molecule has 0 aliphatic carbocycles. The van der Waals surface area contributed by atoms with E-state index >= 15 is 0 Å². The number of halogens is 4. The summed E-state index contributed by atoms with van der Waals surface area (Å²) in [7, 11) is 0. The Morgan fingerprint density at radius 3 is 2.18 bits per heavy atom. The number of rotatable bonds is 6. The molecule has 0 radical (unpaired) electrons. The Balaban J connectivity index is 1.24. The third-order valence-electron chi connectivity index (χ3n) is 6.89. The van der Waals surface area contributed by atoms with Crippen molar-refractivity contribution >= 4 is 23.2 Å². The molecule has 194 valence electrons. The molecule has 1 saturated heterocycles. The van der Waals surface area contributed by atoms with Crippen LogP contribution in [0.3, 0.4) is 0 Å². The molecule has 0 atom stereocenters. The number of amides is 1. The lowest BCUT2D eigenvalue weighted by atomic mass is 9.87. The van der Waals surface area contributed by atoms with Gasteiger partial charge in [0.05, 0.1) is 0 Å². The van der Waals surface area contributed by atoms with E-state index in [-0.39, 0.29) is 28.1 Å². The molecular weight excluding hydrogens is 511 g/mol. The van der Waals surface area contributed by atoms with Crippen LogP contribution < -0.4 is 5.32 Å². The summed E-state index contributed by atoms with van der Waals surface area (Å²) in [5.74, 6) is -2.71. The number of benzene rings is 3. The summed E-state index contributed by atoms with van der Waals surface area (Å²) >= 11 is 5.89. The summed E-state index contributed by atoms with van der Waals surface area (Å²) in [5, 5.41) is 2.89. The zero-order valence-electron chi connectivity index (χ0n) is 20.4. The molecule has 4 aromatic rings. The van der Waals surface area contributed by atoms with E-state index in [1.807, 2.05) is 12.1 Å². The largest absolute Gasteiger partial charge is 0.322 e. The van der Waals surface area contributed by atoms with Crippen molar-refractivity contribution in [3.63, 3.8) is 0 Å². The summed E-state index contributed by atoms with van der Waals surface area (Å²) in [5.41, 5.74) is 4.26. The van der Waals surface area contributed by atoms with Crippen molar-refractivity contribution in [2.24, 2.45) is 0 Å². The van der Waals surface area contributed by atoms with E-state index in [0.29, 0.717) is 5.56 Å². The quantitative estimate of drug-likeness (QED) is 0.261. The van der Waals surface area contributed by atoms with Crippen LogP contribution >= 0.6 is 11.6 Å². The molecule has 0 unspecified atom stereocenters. The maximum atomic E-state index is 14.2. The molecule has 1 amide bonds. The van der Waals surface area contributed by atoms with Crippen LogP contribution in [0.25, 0.3) is 11.1 Å². The Hall–Kier alpha value is -3.68. The summed E-state index contributed by atoms with van der Waals surface area (Å²) in [6, 6.07) is 19.8. The monoisotopic (exact) mass is 535 g/mol. The molecule has 0 spiro atoms. The molecule has 2 heterocycles. The molecular formula is C30H25ClF3N3O. The lowest BCUT2D eigenvalue weighted by Crippen LogP contribution is -2.32. The smallest absolute Gasteiger partial charge is 0.255 e. The highest BCUT2D eigenvalue weighted by molar-refractivity contribution is 6.29. The summed E-state index contributed by atoms with van der Waals surface area (Å²) in [6.07, 6.45) is 2.89. The number of hydrogen-bond acceptors (Lipinski definition) is 3. The Kier molecular flexibility index (Phi) is 7.77. The fraction of sp³-hybridized carbons (Fsp3) is 0.200. The number of nitrogens with zero attached hydrogens (tertiary/aromatic N) is 2. The highest BCUT2D eigenvalue weighted by Gasteiger charge is 2.25. The average molecular weight is 536 g/mol. The third-order valence-corrected chi connectivity index (χ3v) is 7.10. The van der Waals surface area contributed by atoms with Gasteiger partial charge in [-0.25, -0.2) is 18.2 Å². The second kappa shape index (κ2) is 11.4. The van der Waals surface area contributed by atoms with Gasteiger partial charge in [0.2, 0.25) is 0 Å². The second-order valence-corrected chi connectivity index (χ2v) is 9.82. The number of carbonyl (C=O) groups is 1. The van der Waals surface area contributed by atoms with Crippen LogP contribution in [0.2, 0.25) is 5.15 Å². The number of aromatic nitrogens is 1. The van der Waals surface area contributed by atoms with Crippen molar-refractivity contribution in [2.45, 2.75) is 25.3 Å². The van der Waals surface area contributed by atoms with Gasteiger partial charge >= 0.3 is 0 Å². The number of pyridine rings is 1. The first-order chi connectivity index (χ1) is 18.4. The van der Waals surface area contributed by atoms with Crippen LogP contribution in [0.15, 0.2) is 79.0 Å². The summed E-state index contributed by atoms with van der Waals surface area (Å²) < 4.78 is 41.5. The van der Waals surface area contributed by atoms with Gasteiger partial charge in [-0.1, -0.05) is 48.0 Å². The zero-order valence-corrected chi connectivity index (χ0v) is 21.2. The van der Waals surface area contributed by atoms with Gasteiger partial charge in [0, 0.05) is 30.1 Å². The molecule has 1 aromatic heterocycles. The van der Waals surface area contributed by atoms with Crippen LogP contribution in [0.1, 0.15) is 40.2 Å². The number of anilines is 1. The van der Waals surface area contributed by atoms with Gasteiger partial charge in [-0.05, 0) is 84.4 Å². The highest BCUT2D eigenvalue weighted by atomic mass is 35.5. The third kappa shape index (κ3) is 6.06. The maximum Gasteiger partial charge on any atom is 0.255 e. The van der Waals surface area contributed by atoms with E-state index in [2.05, 4.69) is 27.3 Å². The second-order valence-electron chi connectivity index (χ2n) is 9.43. The van der Waals surface area contributed by atoms with Crippen molar-refractivity contribution in [3.8, 4) is 11.1 Å². The number of likely N-dealkylation sites (tertiary alicyclic amines) is 1. The highest BCUT2D eigenvalue weighted by Crippen LogP contribution is 2.35. The van der Waals surface area contributed by atoms with Crippen molar-refractivity contribution in [1.82, 2.24) is 9.88 Å². The fourth-order valence-electron chi connectivity index (χ4n) is 4.85. The van der Waals surface area contributed by atoms with Gasteiger partial charge in [0.15, 0.2) is 11.6 Å². The van der Waals surface area contributed by atoms with E-state index < -0.39 is 17.5 Å². The van der Waals surface area contributed by atoms with Gasteiger partial charge in [0.25, 0.3) is 5.91 Å². The Morgan fingerprint density at radius 2 is 1.53 bits per heavy atom. The molecule has 38 heavy (non-hydrogen) atoms. The zero-order chi connectivity index (χ0) is 26.6. The number of nitrogens with one attached hydrogen (secondary N) is 1. The standard InChI is InChI=1S/C30H25ClF3N3O/c31-29-15-23(9-12-35-29)30(38)36-28-17-27(34)26(33)16-25(28)22-10-13-37(14-11-22)18-19-1-3-20(4-2-19)21-5-7-24(32)8-6-21/h1-9,12,15-17,22H,10-11,13-14,18H2,(H,36,38). The van der Waals surface area contributed by atoms with E-state index in [1.165, 1.54) is 36.5 Å². The molecule has 4 nitrogen and oxygen atoms in total. The first-order valence-electron chi connectivity index (χ1n) is 12.3. The van der Waals surface area contributed by atoms with E-state index in [1.54, 1.807) is 12.1 Å². The van der Waals surface area contributed by atoms with E-state index in [4.69, 9.17) is 11.6 Å². The SMILES string of the molecule is O=C(Nc1cc(F)c(F)cc1C1CCN(Cc2ccc(-c3ccc(F)cc3)cc2)CC1)c1ccnc(Cl)c1. The minimum atomic E-state index is -1.02. The normalized spacial score (nSPS) is 14.4. The molecule has 0 bridgehead atoms. The van der Waals surface area contributed by atoms with Gasteiger partial charge in [-0.3, -0.25) is 9.69 Å². The summed E-state index contributed by atoms with van der Waals surface area (Å²) in [4.78, 5) is 18.9. The fourth-order valence-corrected chi connectivity index (χ4v) is 5.03. The first kappa shape index (κ1) is 25.9. The van der Waals surface area contributed by atoms with Gasteiger partial charge in [0.1, 0.15) is 11.0 Å². The minimum Gasteiger partial charge on any atom is -0.322 e. The molecule has 1 aliphatic rings. The average Bonchev–Trinajstić information content (AvgIpc) is 2.92. The minimum absolute atomic E-state index is 0.0291. The Labute approximate surface area is 224 Å². The van der Waals surface area contributed by atoms with Gasteiger partial charge in [-0.15, -0.1) is 0 Å². The van der Waals surface area contributed by atoms with Crippen molar-refractivity contribution < 1.29 is 18.0 Å². The predicted molar refractivity (Wildman–Crippen MR) is 143 cm³/mol. The van der Waals surface area contributed by atoms with Crippen LogP contribution in [-0.2, 0) is 6.54 Å². The topological polar surface area (TPSA) is 45.2 Å². The van der Waals surface area contributed by atoms with Crippen molar-refractivity contribution in [3.05, 3.63) is 118 Å². The first-order valence-corrected chi connectivity index (χ1v) is 12.7. The predicted octanol–water partition coefficient (Wildman–Crippen LogP) is 7.45. The Morgan fingerprint density at radius 1 is 0.895 bits per heavy atom. The van der Waals surface area contributed by atoms with Crippen LogP contribution in [0.4, 0.5) is 18.9 Å². The molecule has 5 rings (SSSR count). The molecule has 3 aromatic carbocycles. The maximum absolute atomic E-state index is 14.2. The lowest BCUT2D eigenvalue weighted by Gasteiger charge is -2.33. The number of piperidine rings is 1. The molecule has 1 aliphatic heterocycles. The molecule has 0 saturated carbocycles. The molecule has 1 fully saturated rings. The lowest BCUT2D eigenvalue weighted by molar-refractivity contribution is 0.102. The van der Waals surface area contributed by atoms with Crippen LogP contribution in [0.5, 0.6) is 0 Å². The molecule has 8 heteroatoms.